The SMILES string of the molecule is CCSc1nc(=O)c2c(n1C)NC(=O)C[C@@H]2c1cccc(O)c1. The monoisotopic (exact) mass is 331 g/mol. The minimum atomic E-state index is -0.405. The van der Waals surface area contributed by atoms with E-state index in [0.717, 1.165) is 11.3 Å². The number of nitrogens with one attached hydrogen (secondary N) is 1. The molecule has 3 rings (SSSR count). The number of anilines is 1. The Kier molecular flexibility index (Phi) is 4.12. The van der Waals surface area contributed by atoms with Crippen LogP contribution in [0, 0.1) is 0 Å². The van der Waals surface area contributed by atoms with Crippen LogP contribution in [0.5, 0.6) is 5.75 Å². The number of phenols is 1. The molecule has 0 bridgehead atoms. The second-order valence-corrected chi connectivity index (χ2v) is 6.58. The molecule has 0 unspecified atom stereocenters. The first-order chi connectivity index (χ1) is 11.0. The second kappa shape index (κ2) is 6.08. The summed E-state index contributed by atoms with van der Waals surface area (Å²) in [5.41, 5.74) is 0.872. The molecule has 0 aliphatic carbocycles. The van der Waals surface area contributed by atoms with Gasteiger partial charge in [0, 0.05) is 19.4 Å². The summed E-state index contributed by atoms with van der Waals surface area (Å²) in [5, 5.41) is 13.1. The highest BCUT2D eigenvalue weighted by Crippen LogP contribution is 2.36. The Morgan fingerprint density at radius 3 is 2.91 bits per heavy atom. The largest absolute Gasteiger partial charge is 0.508 e. The minimum Gasteiger partial charge on any atom is -0.508 e. The quantitative estimate of drug-likeness (QED) is 0.664. The van der Waals surface area contributed by atoms with Crippen LogP contribution in [0.15, 0.2) is 34.2 Å². The first-order valence-electron chi connectivity index (χ1n) is 7.33. The number of aromatic hydroxyl groups is 1. The van der Waals surface area contributed by atoms with Crippen molar-refractivity contribution in [1.29, 1.82) is 0 Å². The molecule has 23 heavy (non-hydrogen) atoms. The lowest BCUT2D eigenvalue weighted by Gasteiger charge is -2.27. The highest BCUT2D eigenvalue weighted by atomic mass is 32.2. The van der Waals surface area contributed by atoms with Crippen molar-refractivity contribution in [2.75, 3.05) is 11.1 Å². The number of carbonyl (C=O) groups is 1. The number of aromatic nitrogens is 2. The van der Waals surface area contributed by atoms with E-state index in [-0.39, 0.29) is 23.6 Å². The number of nitrogens with zero attached hydrogens (tertiary/aromatic N) is 2. The number of carbonyl (C=O) groups excluding carboxylic acids is 1. The molecule has 1 aromatic carbocycles. The van der Waals surface area contributed by atoms with Crippen LogP contribution >= 0.6 is 11.8 Å². The lowest BCUT2D eigenvalue weighted by atomic mass is 9.86. The maximum Gasteiger partial charge on any atom is 0.279 e. The normalized spacial score (nSPS) is 16.8. The number of benzene rings is 1. The van der Waals surface area contributed by atoms with E-state index < -0.39 is 5.92 Å². The predicted molar refractivity (Wildman–Crippen MR) is 89.1 cm³/mol. The Morgan fingerprint density at radius 1 is 1.43 bits per heavy atom. The van der Waals surface area contributed by atoms with Crippen LogP contribution in [-0.4, -0.2) is 26.3 Å². The Labute approximate surface area is 137 Å². The fraction of sp³-hybridized carbons (Fsp3) is 0.312. The summed E-state index contributed by atoms with van der Waals surface area (Å²) >= 11 is 1.45. The molecule has 0 fully saturated rings. The van der Waals surface area contributed by atoms with Gasteiger partial charge in [-0.05, 0) is 23.4 Å². The molecule has 1 aliphatic heterocycles. The third-order valence-electron chi connectivity index (χ3n) is 3.85. The third-order valence-corrected chi connectivity index (χ3v) is 4.76. The summed E-state index contributed by atoms with van der Waals surface area (Å²) in [6, 6.07) is 6.66. The molecule has 1 atom stereocenters. The molecule has 2 aromatic rings. The van der Waals surface area contributed by atoms with Gasteiger partial charge in [-0.25, -0.2) is 0 Å². The van der Waals surface area contributed by atoms with Crippen LogP contribution in [-0.2, 0) is 11.8 Å². The van der Waals surface area contributed by atoms with Gasteiger partial charge in [-0.3, -0.25) is 9.59 Å². The highest BCUT2D eigenvalue weighted by Gasteiger charge is 2.32. The number of thioether (sulfide) groups is 1. The van der Waals surface area contributed by atoms with Crippen molar-refractivity contribution in [3.05, 3.63) is 45.7 Å². The summed E-state index contributed by atoms with van der Waals surface area (Å²) in [6.07, 6.45) is 0.160. The van der Waals surface area contributed by atoms with Crippen molar-refractivity contribution < 1.29 is 9.90 Å². The van der Waals surface area contributed by atoms with Crippen LogP contribution in [0.4, 0.5) is 5.82 Å². The molecule has 0 radical (unpaired) electrons. The lowest BCUT2D eigenvalue weighted by molar-refractivity contribution is -0.116. The summed E-state index contributed by atoms with van der Waals surface area (Å²) in [7, 11) is 1.79. The average Bonchev–Trinajstić information content (AvgIpc) is 2.51. The van der Waals surface area contributed by atoms with Gasteiger partial charge in [0.1, 0.15) is 11.6 Å². The van der Waals surface area contributed by atoms with E-state index in [1.54, 1.807) is 35.9 Å². The van der Waals surface area contributed by atoms with Gasteiger partial charge in [0.05, 0.1) is 5.56 Å². The van der Waals surface area contributed by atoms with Crippen LogP contribution in [0.2, 0.25) is 0 Å². The highest BCUT2D eigenvalue weighted by molar-refractivity contribution is 7.99. The first kappa shape index (κ1) is 15.6. The zero-order chi connectivity index (χ0) is 16.6. The summed E-state index contributed by atoms with van der Waals surface area (Å²) < 4.78 is 1.75. The van der Waals surface area contributed by atoms with Crippen molar-refractivity contribution in [2.45, 2.75) is 24.4 Å². The number of fused-ring (bicyclic) bond motifs is 1. The number of amides is 1. The topological polar surface area (TPSA) is 84.2 Å². The smallest absolute Gasteiger partial charge is 0.279 e. The van der Waals surface area contributed by atoms with E-state index in [1.165, 1.54) is 11.8 Å². The second-order valence-electron chi connectivity index (χ2n) is 5.35. The number of phenolic OH excluding ortho intramolecular Hbond substituents is 1. The zero-order valence-electron chi connectivity index (χ0n) is 12.9. The first-order valence-corrected chi connectivity index (χ1v) is 8.32. The molecule has 6 nitrogen and oxygen atoms in total. The summed E-state index contributed by atoms with van der Waals surface area (Å²) in [5.74, 6) is 0.823. The lowest BCUT2D eigenvalue weighted by Crippen LogP contribution is -2.33. The molecule has 0 saturated heterocycles. The zero-order valence-corrected chi connectivity index (χ0v) is 13.7. The molecule has 2 heterocycles. The van der Waals surface area contributed by atoms with Gasteiger partial charge in [-0.15, -0.1) is 0 Å². The Bertz CT molecular complexity index is 832. The molecule has 120 valence electrons. The van der Waals surface area contributed by atoms with Crippen LogP contribution < -0.4 is 10.9 Å². The summed E-state index contributed by atoms with van der Waals surface area (Å²) in [4.78, 5) is 28.8. The molecule has 1 aromatic heterocycles. The van der Waals surface area contributed by atoms with Crippen LogP contribution in [0.25, 0.3) is 0 Å². The van der Waals surface area contributed by atoms with E-state index in [9.17, 15) is 14.7 Å². The van der Waals surface area contributed by atoms with Crippen molar-refractivity contribution in [2.24, 2.45) is 7.05 Å². The fourth-order valence-corrected chi connectivity index (χ4v) is 3.51. The van der Waals surface area contributed by atoms with Gasteiger partial charge in [-0.1, -0.05) is 30.8 Å². The molecule has 1 aliphatic rings. The van der Waals surface area contributed by atoms with Crippen molar-refractivity contribution in [1.82, 2.24) is 9.55 Å². The summed E-state index contributed by atoms with van der Waals surface area (Å²) in [6.45, 7) is 1.98. The van der Waals surface area contributed by atoms with Gasteiger partial charge in [0.2, 0.25) is 5.91 Å². The average molecular weight is 331 g/mol. The molecule has 1 amide bonds. The number of hydrogen-bond acceptors (Lipinski definition) is 5. The molecular formula is C16H17N3O3S. The van der Waals surface area contributed by atoms with Crippen molar-refractivity contribution in [3.63, 3.8) is 0 Å². The maximum absolute atomic E-state index is 12.5. The molecule has 2 N–H and O–H groups in total. The molecular weight excluding hydrogens is 314 g/mol. The predicted octanol–water partition coefficient (Wildman–Crippen LogP) is 2.07. The van der Waals surface area contributed by atoms with Gasteiger partial charge < -0.3 is 15.0 Å². The van der Waals surface area contributed by atoms with Gasteiger partial charge in [0.25, 0.3) is 5.56 Å². The number of rotatable bonds is 3. The maximum atomic E-state index is 12.5. The van der Waals surface area contributed by atoms with Crippen LogP contribution in [0.3, 0.4) is 0 Å². The van der Waals surface area contributed by atoms with E-state index in [1.807, 2.05) is 6.92 Å². The Morgan fingerprint density at radius 2 is 2.22 bits per heavy atom. The standard InChI is InChI=1S/C16H17N3O3S/c1-3-23-16-18-15(22)13-11(9-5-4-6-10(20)7-9)8-12(21)17-14(13)19(16)2/h4-7,11,20H,3,8H2,1-2H3,(H,17,21)/t11-/m1/s1. The molecule has 7 heteroatoms. The van der Waals surface area contributed by atoms with Gasteiger partial charge in [0.15, 0.2) is 5.16 Å². The molecule has 0 saturated carbocycles. The number of hydrogen-bond donors (Lipinski definition) is 2. The van der Waals surface area contributed by atoms with E-state index >= 15 is 0 Å². The third kappa shape index (κ3) is 2.84. The van der Waals surface area contributed by atoms with E-state index in [0.29, 0.717) is 16.5 Å². The van der Waals surface area contributed by atoms with Crippen molar-refractivity contribution in [3.8, 4) is 5.75 Å². The van der Waals surface area contributed by atoms with E-state index in [2.05, 4.69) is 10.3 Å². The van der Waals surface area contributed by atoms with Crippen LogP contribution in [0.1, 0.15) is 30.4 Å². The Balaban J connectivity index is 2.20. The van der Waals surface area contributed by atoms with Gasteiger partial charge >= 0.3 is 0 Å². The molecule has 0 spiro atoms. The minimum absolute atomic E-state index is 0.109. The fourth-order valence-electron chi connectivity index (χ4n) is 2.82. The Hall–Kier alpha value is -2.28. The van der Waals surface area contributed by atoms with Gasteiger partial charge in [-0.2, -0.15) is 4.98 Å². The van der Waals surface area contributed by atoms with E-state index in [4.69, 9.17) is 0 Å². The van der Waals surface area contributed by atoms with Crippen molar-refractivity contribution >= 4 is 23.5 Å².